The van der Waals surface area contributed by atoms with Crippen molar-refractivity contribution in [3.05, 3.63) is 35.9 Å². The fourth-order valence-electron chi connectivity index (χ4n) is 1.75. The van der Waals surface area contributed by atoms with Gasteiger partial charge in [0.1, 0.15) is 6.17 Å². The highest BCUT2D eigenvalue weighted by atomic mass is 19.1. The molecule has 0 spiro atoms. The Morgan fingerprint density at radius 1 is 1.12 bits per heavy atom. The maximum absolute atomic E-state index is 13.8. The lowest BCUT2D eigenvalue weighted by Gasteiger charge is -2.16. The SMILES string of the molecule is O=C1CCC(=O)N1CC(F)c1ccccc1. The largest absolute Gasteiger partial charge is 0.279 e. The number of hydrogen-bond acceptors (Lipinski definition) is 2. The Morgan fingerprint density at radius 2 is 1.69 bits per heavy atom. The van der Waals surface area contributed by atoms with Crippen molar-refractivity contribution in [2.24, 2.45) is 0 Å². The molecule has 3 nitrogen and oxygen atoms in total. The minimum absolute atomic E-state index is 0.165. The molecular weight excluding hydrogens is 209 g/mol. The number of imide groups is 1. The van der Waals surface area contributed by atoms with E-state index in [2.05, 4.69) is 0 Å². The van der Waals surface area contributed by atoms with Crippen molar-refractivity contribution in [1.82, 2.24) is 4.90 Å². The Morgan fingerprint density at radius 3 is 2.25 bits per heavy atom. The second kappa shape index (κ2) is 4.43. The standard InChI is InChI=1S/C12H12FNO2/c13-10(9-4-2-1-3-5-9)8-14-11(15)6-7-12(14)16/h1-5,10H,6-8H2. The van der Waals surface area contributed by atoms with E-state index >= 15 is 0 Å². The number of rotatable bonds is 3. The predicted octanol–water partition coefficient (Wildman–Crippen LogP) is 1.85. The molecule has 1 aromatic rings. The van der Waals surface area contributed by atoms with Gasteiger partial charge in [-0.2, -0.15) is 0 Å². The van der Waals surface area contributed by atoms with Crippen LogP contribution in [0.2, 0.25) is 0 Å². The summed E-state index contributed by atoms with van der Waals surface area (Å²) >= 11 is 0. The quantitative estimate of drug-likeness (QED) is 0.730. The smallest absolute Gasteiger partial charge is 0.229 e. The average Bonchev–Trinajstić information content (AvgIpc) is 2.62. The lowest BCUT2D eigenvalue weighted by atomic mass is 10.1. The molecule has 1 saturated heterocycles. The van der Waals surface area contributed by atoms with Crippen molar-refractivity contribution in [1.29, 1.82) is 0 Å². The van der Waals surface area contributed by atoms with E-state index in [0.717, 1.165) is 4.90 Å². The van der Waals surface area contributed by atoms with E-state index in [0.29, 0.717) is 5.56 Å². The Balaban J connectivity index is 2.05. The van der Waals surface area contributed by atoms with E-state index in [1.165, 1.54) is 0 Å². The second-order valence-electron chi connectivity index (χ2n) is 3.78. The zero-order valence-corrected chi connectivity index (χ0v) is 8.73. The first-order chi connectivity index (χ1) is 7.68. The number of halogens is 1. The summed E-state index contributed by atoms with van der Waals surface area (Å²) in [6.07, 6.45) is -0.882. The topological polar surface area (TPSA) is 37.4 Å². The van der Waals surface area contributed by atoms with E-state index < -0.39 is 6.17 Å². The zero-order chi connectivity index (χ0) is 11.5. The van der Waals surface area contributed by atoms with Gasteiger partial charge < -0.3 is 0 Å². The van der Waals surface area contributed by atoms with Crippen molar-refractivity contribution in [3.63, 3.8) is 0 Å². The number of likely N-dealkylation sites (tertiary alicyclic amines) is 1. The average molecular weight is 221 g/mol. The predicted molar refractivity (Wildman–Crippen MR) is 56.2 cm³/mol. The summed E-state index contributed by atoms with van der Waals surface area (Å²) in [5.41, 5.74) is 0.495. The third-order valence-corrected chi connectivity index (χ3v) is 2.66. The first-order valence-corrected chi connectivity index (χ1v) is 5.20. The van der Waals surface area contributed by atoms with Crippen LogP contribution >= 0.6 is 0 Å². The first-order valence-electron chi connectivity index (χ1n) is 5.20. The fourth-order valence-corrected chi connectivity index (χ4v) is 1.75. The van der Waals surface area contributed by atoms with Gasteiger partial charge in [0.15, 0.2) is 0 Å². The van der Waals surface area contributed by atoms with E-state index in [-0.39, 0.29) is 31.2 Å². The maximum atomic E-state index is 13.8. The molecule has 0 bridgehead atoms. The summed E-state index contributed by atoms with van der Waals surface area (Å²) in [4.78, 5) is 23.6. The van der Waals surface area contributed by atoms with Gasteiger partial charge >= 0.3 is 0 Å². The van der Waals surface area contributed by atoms with Crippen molar-refractivity contribution in [2.75, 3.05) is 6.54 Å². The second-order valence-corrected chi connectivity index (χ2v) is 3.78. The highest BCUT2D eigenvalue weighted by Crippen LogP contribution is 2.21. The number of alkyl halides is 1. The molecule has 16 heavy (non-hydrogen) atoms. The van der Waals surface area contributed by atoms with Crippen LogP contribution < -0.4 is 0 Å². The normalized spacial score (nSPS) is 17.9. The van der Waals surface area contributed by atoms with Crippen LogP contribution in [0, 0.1) is 0 Å². The van der Waals surface area contributed by atoms with Gasteiger partial charge in [0, 0.05) is 12.8 Å². The minimum Gasteiger partial charge on any atom is -0.279 e. The van der Waals surface area contributed by atoms with Crippen molar-refractivity contribution in [3.8, 4) is 0 Å². The highest BCUT2D eigenvalue weighted by molar-refractivity contribution is 6.01. The Labute approximate surface area is 92.9 Å². The van der Waals surface area contributed by atoms with Gasteiger partial charge in [-0.15, -0.1) is 0 Å². The van der Waals surface area contributed by atoms with Gasteiger partial charge in [-0.3, -0.25) is 14.5 Å². The monoisotopic (exact) mass is 221 g/mol. The Kier molecular flexibility index (Phi) is 2.99. The van der Waals surface area contributed by atoms with Crippen molar-refractivity contribution < 1.29 is 14.0 Å². The summed E-state index contributed by atoms with van der Waals surface area (Å²) in [7, 11) is 0. The van der Waals surface area contributed by atoms with Crippen molar-refractivity contribution in [2.45, 2.75) is 19.0 Å². The molecule has 1 heterocycles. The molecule has 0 saturated carbocycles. The van der Waals surface area contributed by atoms with Crippen LogP contribution in [-0.4, -0.2) is 23.3 Å². The Hall–Kier alpha value is -1.71. The van der Waals surface area contributed by atoms with Gasteiger partial charge in [0.2, 0.25) is 11.8 Å². The molecule has 1 fully saturated rings. The van der Waals surface area contributed by atoms with Gasteiger partial charge in [0.05, 0.1) is 6.54 Å². The lowest BCUT2D eigenvalue weighted by molar-refractivity contribution is -0.139. The summed E-state index contributed by atoms with van der Waals surface area (Å²) < 4.78 is 13.8. The molecule has 4 heteroatoms. The van der Waals surface area contributed by atoms with Gasteiger partial charge in [0.25, 0.3) is 0 Å². The molecule has 1 unspecified atom stereocenters. The minimum atomic E-state index is -1.30. The number of carbonyl (C=O) groups excluding carboxylic acids is 2. The van der Waals surface area contributed by atoms with Crippen LogP contribution in [0.3, 0.4) is 0 Å². The molecule has 0 aliphatic carbocycles. The van der Waals surface area contributed by atoms with Crippen LogP contribution in [-0.2, 0) is 9.59 Å². The van der Waals surface area contributed by atoms with Crippen molar-refractivity contribution >= 4 is 11.8 Å². The molecule has 1 aliphatic rings. The van der Waals surface area contributed by atoms with E-state index in [9.17, 15) is 14.0 Å². The third kappa shape index (κ3) is 2.10. The molecule has 0 aromatic heterocycles. The molecular formula is C12H12FNO2. The van der Waals surface area contributed by atoms with E-state index in [1.54, 1.807) is 30.3 Å². The molecule has 2 amide bonds. The first kappa shape index (κ1) is 10.8. The fraction of sp³-hybridized carbons (Fsp3) is 0.333. The van der Waals surface area contributed by atoms with Crippen LogP contribution in [0.1, 0.15) is 24.6 Å². The maximum Gasteiger partial charge on any atom is 0.229 e. The summed E-state index contributed by atoms with van der Waals surface area (Å²) in [6.45, 7) is -0.165. The van der Waals surface area contributed by atoms with Gasteiger partial charge in [-0.25, -0.2) is 4.39 Å². The molecule has 1 atom stereocenters. The van der Waals surface area contributed by atoms with Crippen LogP contribution in [0.4, 0.5) is 4.39 Å². The van der Waals surface area contributed by atoms with Gasteiger partial charge in [-0.05, 0) is 5.56 Å². The molecule has 1 aromatic carbocycles. The molecule has 2 rings (SSSR count). The number of amides is 2. The molecule has 84 valence electrons. The summed E-state index contributed by atoms with van der Waals surface area (Å²) in [5, 5.41) is 0. The van der Waals surface area contributed by atoms with Crippen LogP contribution in [0.25, 0.3) is 0 Å². The van der Waals surface area contributed by atoms with Crippen LogP contribution in [0.5, 0.6) is 0 Å². The third-order valence-electron chi connectivity index (χ3n) is 2.66. The summed E-state index contributed by atoms with van der Waals surface area (Å²) in [5.74, 6) is -0.549. The van der Waals surface area contributed by atoms with E-state index in [4.69, 9.17) is 0 Å². The number of carbonyl (C=O) groups is 2. The zero-order valence-electron chi connectivity index (χ0n) is 8.73. The summed E-state index contributed by atoms with van der Waals surface area (Å²) in [6, 6.07) is 8.55. The van der Waals surface area contributed by atoms with Gasteiger partial charge in [-0.1, -0.05) is 30.3 Å². The molecule has 1 aliphatic heterocycles. The molecule has 0 N–H and O–H groups in total. The Bertz CT molecular complexity index is 389. The number of hydrogen-bond donors (Lipinski definition) is 0. The van der Waals surface area contributed by atoms with Crippen LogP contribution in [0.15, 0.2) is 30.3 Å². The molecule has 0 radical (unpaired) electrons. The highest BCUT2D eigenvalue weighted by Gasteiger charge is 2.31. The lowest BCUT2D eigenvalue weighted by Crippen LogP contribution is -2.32. The van der Waals surface area contributed by atoms with E-state index in [1.807, 2.05) is 0 Å². The number of benzene rings is 1. The number of nitrogens with zero attached hydrogens (tertiary/aromatic N) is 1.